The molecular formula is C52H36N2S. The molecule has 0 radical (unpaired) electrons. The summed E-state index contributed by atoms with van der Waals surface area (Å²) in [5.41, 5.74) is 14.4. The SMILES string of the molecule is CC1c2ccccc2-c2ccccc2CC1c1ccc2c(c1)c1c3c(ccc1n2-c1ccccc1)sc1ccc(-n2c4ccccc4c4ccccc42)cc13. The number of benzene rings is 8. The maximum Gasteiger partial charge on any atom is 0.0548 e. The van der Waals surface area contributed by atoms with Crippen LogP contribution in [-0.2, 0) is 6.42 Å². The van der Waals surface area contributed by atoms with Crippen LogP contribution in [0.25, 0.3) is 86.3 Å². The summed E-state index contributed by atoms with van der Waals surface area (Å²) in [6.07, 6.45) is 1.01. The van der Waals surface area contributed by atoms with Gasteiger partial charge < -0.3 is 9.13 Å². The molecule has 2 nitrogen and oxygen atoms in total. The molecule has 55 heavy (non-hydrogen) atoms. The third-order valence-corrected chi connectivity index (χ3v) is 13.6. The molecule has 0 aliphatic heterocycles. The summed E-state index contributed by atoms with van der Waals surface area (Å²) in [4.78, 5) is 0. The van der Waals surface area contributed by atoms with Crippen molar-refractivity contribution in [2.24, 2.45) is 0 Å². The molecule has 0 N–H and O–H groups in total. The number of aromatic nitrogens is 2. The van der Waals surface area contributed by atoms with Crippen LogP contribution < -0.4 is 0 Å². The van der Waals surface area contributed by atoms with Crippen molar-refractivity contribution in [3.05, 3.63) is 193 Å². The fourth-order valence-corrected chi connectivity index (χ4v) is 11.0. The molecule has 3 aromatic heterocycles. The van der Waals surface area contributed by atoms with Crippen LogP contribution in [0.15, 0.2) is 176 Å². The number of thiophene rings is 1. The molecule has 0 saturated heterocycles. The van der Waals surface area contributed by atoms with Crippen LogP contribution in [0.2, 0.25) is 0 Å². The first-order valence-corrected chi connectivity index (χ1v) is 20.2. The van der Waals surface area contributed by atoms with Crippen molar-refractivity contribution < 1.29 is 0 Å². The Morgan fingerprint density at radius 2 is 1.09 bits per heavy atom. The smallest absolute Gasteiger partial charge is 0.0548 e. The number of hydrogen-bond donors (Lipinski definition) is 0. The van der Waals surface area contributed by atoms with E-state index in [1.807, 2.05) is 11.3 Å². The van der Waals surface area contributed by atoms with Gasteiger partial charge in [-0.1, -0.05) is 116 Å². The predicted molar refractivity (Wildman–Crippen MR) is 235 cm³/mol. The summed E-state index contributed by atoms with van der Waals surface area (Å²) in [6, 6.07) is 65.8. The first-order chi connectivity index (χ1) is 27.2. The van der Waals surface area contributed by atoms with Gasteiger partial charge in [0.2, 0.25) is 0 Å². The fraction of sp³-hybridized carbons (Fsp3) is 0.0769. The Bertz CT molecular complexity index is 3270. The van der Waals surface area contributed by atoms with E-state index in [1.54, 1.807) is 0 Å². The van der Waals surface area contributed by atoms with E-state index in [0.717, 1.165) is 6.42 Å². The van der Waals surface area contributed by atoms with Crippen molar-refractivity contribution in [3.63, 3.8) is 0 Å². The maximum atomic E-state index is 2.55. The number of fused-ring (bicyclic) bond motifs is 13. The monoisotopic (exact) mass is 720 g/mol. The van der Waals surface area contributed by atoms with Gasteiger partial charge in [-0.3, -0.25) is 0 Å². The molecule has 3 heteroatoms. The van der Waals surface area contributed by atoms with E-state index in [-0.39, 0.29) is 0 Å². The van der Waals surface area contributed by atoms with Crippen LogP contribution in [0.1, 0.15) is 35.4 Å². The van der Waals surface area contributed by atoms with Crippen LogP contribution in [-0.4, -0.2) is 9.13 Å². The van der Waals surface area contributed by atoms with Crippen molar-refractivity contribution in [2.75, 3.05) is 0 Å². The quantitative estimate of drug-likeness (QED) is 0.172. The standard InChI is InChI=1S/C52H36N2S/c1-32-37-16-7-8-18-39(37)38-17-6-5-13-33(38)29-42(32)34-23-25-47-43(30-34)51-48(53(47)35-14-3-2-4-15-35)26-28-50-52(51)44-31-36(24-27-49(44)55-50)54-45-21-11-9-19-40(45)41-20-10-12-22-46(41)54/h2-28,30-32,42H,29H2,1H3. The number of nitrogens with zero attached hydrogens (tertiary/aromatic N) is 2. The Kier molecular flexibility index (Phi) is 6.64. The molecule has 12 rings (SSSR count). The first-order valence-electron chi connectivity index (χ1n) is 19.4. The average molecular weight is 721 g/mol. The van der Waals surface area contributed by atoms with Crippen LogP contribution in [0.3, 0.4) is 0 Å². The van der Waals surface area contributed by atoms with Gasteiger partial charge >= 0.3 is 0 Å². The van der Waals surface area contributed by atoms with E-state index in [1.165, 1.54) is 103 Å². The third kappa shape index (κ3) is 4.48. The Hall–Kier alpha value is -6.42. The van der Waals surface area contributed by atoms with E-state index in [4.69, 9.17) is 0 Å². The molecule has 0 saturated carbocycles. The summed E-state index contributed by atoms with van der Waals surface area (Å²) >= 11 is 1.90. The second-order valence-corrected chi connectivity index (χ2v) is 16.4. The van der Waals surface area contributed by atoms with Gasteiger partial charge in [0.1, 0.15) is 0 Å². The summed E-state index contributed by atoms with van der Waals surface area (Å²) in [5, 5.41) is 7.89. The van der Waals surface area contributed by atoms with Crippen molar-refractivity contribution in [3.8, 4) is 22.5 Å². The molecule has 0 fully saturated rings. The predicted octanol–water partition coefficient (Wildman–Crippen LogP) is 14.4. The number of hydrogen-bond acceptors (Lipinski definition) is 1. The van der Waals surface area contributed by atoms with Gasteiger partial charge in [-0.25, -0.2) is 0 Å². The molecule has 0 amide bonds. The highest BCUT2D eigenvalue weighted by Crippen LogP contribution is 2.48. The van der Waals surface area contributed by atoms with Gasteiger partial charge in [0, 0.05) is 53.1 Å². The summed E-state index contributed by atoms with van der Waals surface area (Å²) < 4.78 is 7.57. The van der Waals surface area contributed by atoms with Crippen LogP contribution >= 0.6 is 11.3 Å². The summed E-state index contributed by atoms with van der Waals surface area (Å²) in [5.74, 6) is 0.698. The fourth-order valence-electron chi connectivity index (χ4n) is 9.95. The van der Waals surface area contributed by atoms with E-state index < -0.39 is 0 Å². The highest BCUT2D eigenvalue weighted by Gasteiger charge is 2.29. The highest BCUT2D eigenvalue weighted by atomic mass is 32.1. The topological polar surface area (TPSA) is 9.86 Å². The first kappa shape index (κ1) is 31.0. The van der Waals surface area contributed by atoms with E-state index in [0.29, 0.717) is 11.8 Å². The minimum atomic E-state index is 0.338. The Balaban J connectivity index is 1.15. The highest BCUT2D eigenvalue weighted by molar-refractivity contribution is 7.26. The lowest BCUT2D eigenvalue weighted by molar-refractivity contribution is 0.580. The zero-order valence-corrected chi connectivity index (χ0v) is 31.2. The average Bonchev–Trinajstić information content (AvgIpc) is 3.87. The van der Waals surface area contributed by atoms with Crippen molar-refractivity contribution in [1.29, 1.82) is 0 Å². The molecule has 11 aromatic rings. The van der Waals surface area contributed by atoms with E-state index in [2.05, 4.69) is 192 Å². The van der Waals surface area contributed by atoms with E-state index >= 15 is 0 Å². The van der Waals surface area contributed by atoms with E-state index in [9.17, 15) is 0 Å². The van der Waals surface area contributed by atoms with Gasteiger partial charge in [-0.2, -0.15) is 0 Å². The van der Waals surface area contributed by atoms with Crippen LogP contribution in [0.4, 0.5) is 0 Å². The summed E-state index contributed by atoms with van der Waals surface area (Å²) in [6.45, 7) is 2.44. The molecule has 3 heterocycles. The second kappa shape index (κ2) is 11.8. The largest absolute Gasteiger partial charge is 0.309 e. The minimum absolute atomic E-state index is 0.338. The Labute approximate surface area is 323 Å². The Morgan fingerprint density at radius 1 is 0.455 bits per heavy atom. The van der Waals surface area contributed by atoms with Gasteiger partial charge in [0.05, 0.1) is 22.1 Å². The maximum absolute atomic E-state index is 2.55. The van der Waals surface area contributed by atoms with Crippen LogP contribution in [0, 0.1) is 0 Å². The second-order valence-electron chi connectivity index (χ2n) is 15.3. The molecule has 2 atom stereocenters. The molecule has 1 aliphatic rings. The molecular weight excluding hydrogens is 685 g/mol. The lowest BCUT2D eigenvalue weighted by atomic mass is 9.80. The molecule has 0 bridgehead atoms. The number of para-hydroxylation sites is 3. The zero-order valence-electron chi connectivity index (χ0n) is 30.4. The minimum Gasteiger partial charge on any atom is -0.309 e. The summed E-state index contributed by atoms with van der Waals surface area (Å²) in [7, 11) is 0. The third-order valence-electron chi connectivity index (χ3n) is 12.5. The molecule has 0 spiro atoms. The molecule has 260 valence electrons. The lowest BCUT2D eigenvalue weighted by Crippen LogP contribution is -2.10. The number of rotatable bonds is 3. The van der Waals surface area contributed by atoms with Gasteiger partial charge in [-0.15, -0.1) is 11.3 Å². The molecule has 2 unspecified atom stereocenters. The normalized spacial score (nSPS) is 15.7. The Morgan fingerprint density at radius 3 is 1.91 bits per heavy atom. The van der Waals surface area contributed by atoms with Crippen molar-refractivity contribution in [1.82, 2.24) is 9.13 Å². The molecule has 8 aromatic carbocycles. The van der Waals surface area contributed by atoms with Gasteiger partial charge in [0.15, 0.2) is 0 Å². The van der Waals surface area contributed by atoms with Crippen LogP contribution in [0.5, 0.6) is 0 Å². The van der Waals surface area contributed by atoms with Gasteiger partial charge in [-0.05, 0) is 113 Å². The molecule has 1 aliphatic carbocycles. The van der Waals surface area contributed by atoms with Crippen molar-refractivity contribution in [2.45, 2.75) is 25.2 Å². The van der Waals surface area contributed by atoms with Crippen molar-refractivity contribution >= 4 is 75.1 Å². The lowest BCUT2D eigenvalue weighted by Gasteiger charge is -2.24. The zero-order chi connectivity index (χ0) is 36.2. The van der Waals surface area contributed by atoms with Gasteiger partial charge in [0.25, 0.3) is 0 Å².